The van der Waals surface area contributed by atoms with E-state index in [1.807, 2.05) is 18.2 Å². The highest BCUT2D eigenvalue weighted by atomic mass is 15.3. The first-order chi connectivity index (χ1) is 12.3. The van der Waals surface area contributed by atoms with Crippen LogP contribution in [-0.4, -0.2) is 26.9 Å². The fraction of sp³-hybridized carbons (Fsp3) is 0.261. The van der Waals surface area contributed by atoms with E-state index in [4.69, 9.17) is 11.1 Å². The first kappa shape index (κ1) is 18.2. The lowest BCUT2D eigenvalue weighted by Gasteiger charge is -2.27. The smallest absolute Gasteiger partial charge is 0.132 e. The number of hydrogen-bond acceptors (Lipinski definition) is 2. The van der Waals surface area contributed by atoms with Crippen molar-refractivity contribution in [1.29, 1.82) is 5.41 Å². The molecule has 0 aromatic heterocycles. The van der Waals surface area contributed by atoms with Crippen molar-refractivity contribution in [2.75, 3.05) is 26.9 Å². The van der Waals surface area contributed by atoms with Crippen molar-refractivity contribution in [2.45, 2.75) is 12.8 Å². The lowest BCUT2D eigenvalue weighted by Crippen LogP contribution is -2.34. The monoisotopic (exact) mass is 346 g/mol. The van der Waals surface area contributed by atoms with Crippen LogP contribution in [0.5, 0.6) is 0 Å². The molecule has 0 saturated carbocycles. The number of nitrogens with one attached hydrogen (secondary N) is 1. The topological polar surface area (TPSA) is 49.9 Å². The molecule has 1 aliphatic carbocycles. The van der Waals surface area contributed by atoms with E-state index in [0.717, 1.165) is 15.7 Å². The van der Waals surface area contributed by atoms with Crippen LogP contribution in [0.15, 0.2) is 66.8 Å². The van der Waals surface area contributed by atoms with E-state index in [1.165, 1.54) is 16.8 Å². The molecule has 3 heteroatoms. The van der Waals surface area contributed by atoms with Crippen molar-refractivity contribution in [3.63, 3.8) is 0 Å². The Labute approximate surface area is 156 Å². The number of anilines is 1. The van der Waals surface area contributed by atoms with Crippen molar-refractivity contribution in [3.05, 3.63) is 83.5 Å². The van der Waals surface area contributed by atoms with Gasteiger partial charge >= 0.3 is 0 Å². The third kappa shape index (κ3) is 3.78. The number of rotatable bonds is 4. The predicted molar refractivity (Wildman–Crippen MR) is 113 cm³/mol. The van der Waals surface area contributed by atoms with Gasteiger partial charge in [0.05, 0.1) is 26.9 Å². The summed E-state index contributed by atoms with van der Waals surface area (Å²) in [6.45, 7) is 2.05. The zero-order valence-electron chi connectivity index (χ0n) is 16.0. The highest BCUT2D eigenvalue weighted by Crippen LogP contribution is 2.37. The number of allylic oxidation sites excluding steroid dienone is 4. The van der Waals surface area contributed by atoms with Gasteiger partial charge in [-0.05, 0) is 54.0 Å². The third-order valence-corrected chi connectivity index (χ3v) is 5.06. The number of quaternary nitrogens is 1. The molecule has 0 bridgehead atoms. The maximum Gasteiger partial charge on any atom is 0.132 e. The van der Waals surface area contributed by atoms with Crippen LogP contribution in [0.4, 0.5) is 11.4 Å². The van der Waals surface area contributed by atoms with Gasteiger partial charge in [0.1, 0.15) is 5.69 Å². The lowest BCUT2D eigenvalue weighted by atomic mass is 9.78. The van der Waals surface area contributed by atoms with E-state index in [1.54, 1.807) is 0 Å². The van der Waals surface area contributed by atoms with Crippen LogP contribution in [-0.2, 0) is 0 Å². The van der Waals surface area contributed by atoms with Crippen LogP contribution in [0.2, 0.25) is 0 Å². The minimum absolute atomic E-state index is 0.205. The maximum atomic E-state index is 7.80. The largest absolute Gasteiger partial charge is 0.399 e. The summed E-state index contributed by atoms with van der Waals surface area (Å²) in [4.78, 5) is 0. The van der Waals surface area contributed by atoms with Crippen molar-refractivity contribution < 1.29 is 0 Å². The number of nitrogen functional groups attached to an aromatic ring is 1. The molecule has 0 amide bonds. The molecule has 1 atom stereocenters. The van der Waals surface area contributed by atoms with Gasteiger partial charge in [-0.1, -0.05) is 36.4 Å². The van der Waals surface area contributed by atoms with Gasteiger partial charge < -0.3 is 11.1 Å². The number of nitrogens with zero attached hydrogens (tertiary/aromatic N) is 1. The van der Waals surface area contributed by atoms with Crippen LogP contribution >= 0.6 is 0 Å². The zero-order chi connectivity index (χ0) is 18.9. The van der Waals surface area contributed by atoms with Gasteiger partial charge in [0.15, 0.2) is 0 Å². The molecule has 0 aliphatic heterocycles. The quantitative estimate of drug-likeness (QED) is 0.613. The van der Waals surface area contributed by atoms with Gasteiger partial charge in [-0.3, -0.25) is 4.48 Å². The molecule has 0 saturated heterocycles. The lowest BCUT2D eigenvalue weighted by molar-refractivity contribution is 0.486. The van der Waals surface area contributed by atoms with Crippen LogP contribution < -0.4 is 10.2 Å². The molecule has 26 heavy (non-hydrogen) atoms. The average molecular weight is 346 g/mol. The Morgan fingerprint density at radius 1 is 0.923 bits per heavy atom. The number of aryl methyl sites for hydroxylation is 1. The molecule has 3 N–H and O–H groups in total. The van der Waals surface area contributed by atoms with Crippen molar-refractivity contribution >= 4 is 17.1 Å². The van der Waals surface area contributed by atoms with E-state index >= 15 is 0 Å². The molecule has 3 nitrogen and oxygen atoms in total. The minimum Gasteiger partial charge on any atom is -0.399 e. The molecular formula is C23H28N3+. The summed E-state index contributed by atoms with van der Waals surface area (Å²) >= 11 is 0. The number of hydrogen-bond donors (Lipinski definition) is 2. The highest BCUT2D eigenvalue weighted by Gasteiger charge is 2.24. The van der Waals surface area contributed by atoms with Crippen molar-refractivity contribution in [3.8, 4) is 0 Å². The molecule has 2 aromatic carbocycles. The Morgan fingerprint density at radius 2 is 1.50 bits per heavy atom. The second kappa shape index (κ2) is 6.93. The van der Waals surface area contributed by atoms with Gasteiger partial charge in [-0.2, -0.15) is 0 Å². The minimum atomic E-state index is 0.205. The van der Waals surface area contributed by atoms with Gasteiger partial charge in [-0.15, -0.1) is 0 Å². The molecule has 3 rings (SSSR count). The first-order valence-electron chi connectivity index (χ1n) is 8.98. The van der Waals surface area contributed by atoms with E-state index in [2.05, 4.69) is 76.6 Å². The second-order valence-electron chi connectivity index (χ2n) is 7.95. The molecule has 0 radical (unpaired) electrons. The standard InChI is InChI=1S/C23H28N3/c1-16-15-19(9-14-22(16)25)23(17-5-10-20(24)11-6-17)18-7-12-21(13-8-18)26(2,3)4/h5-15,17,23-24H,25H2,1-4H3/q+1. The summed E-state index contributed by atoms with van der Waals surface area (Å²) in [7, 11) is 6.52. The normalized spacial score (nSPS) is 18.2. The second-order valence-corrected chi connectivity index (χ2v) is 7.95. The Hall–Kier alpha value is -2.65. The molecular weight excluding hydrogens is 318 g/mol. The fourth-order valence-electron chi connectivity index (χ4n) is 3.43. The van der Waals surface area contributed by atoms with E-state index < -0.39 is 0 Å². The van der Waals surface area contributed by atoms with E-state index in [0.29, 0.717) is 5.71 Å². The van der Waals surface area contributed by atoms with Gasteiger partial charge in [0.25, 0.3) is 0 Å². The Bertz CT molecular complexity index is 851. The van der Waals surface area contributed by atoms with Crippen LogP contribution in [0.3, 0.4) is 0 Å². The van der Waals surface area contributed by atoms with Gasteiger partial charge in [0.2, 0.25) is 0 Å². The highest BCUT2D eigenvalue weighted by molar-refractivity contribution is 6.02. The summed E-state index contributed by atoms with van der Waals surface area (Å²) < 4.78 is 0.798. The fourth-order valence-corrected chi connectivity index (χ4v) is 3.43. The Kier molecular flexibility index (Phi) is 4.84. The summed E-state index contributed by atoms with van der Waals surface area (Å²) in [6.07, 6.45) is 8.04. The van der Waals surface area contributed by atoms with Crippen molar-refractivity contribution in [2.24, 2.45) is 5.92 Å². The van der Waals surface area contributed by atoms with Crippen molar-refractivity contribution in [1.82, 2.24) is 4.48 Å². The van der Waals surface area contributed by atoms with Crippen LogP contribution in [0.25, 0.3) is 0 Å². The molecule has 0 spiro atoms. The van der Waals surface area contributed by atoms with E-state index in [9.17, 15) is 0 Å². The molecule has 134 valence electrons. The van der Waals surface area contributed by atoms with Gasteiger partial charge in [-0.25, -0.2) is 0 Å². The SMILES string of the molecule is Cc1cc(C(c2ccc([N+](C)(C)C)cc2)C2C=CC(=N)C=C2)ccc1N. The van der Waals surface area contributed by atoms with Gasteiger partial charge in [0, 0.05) is 17.5 Å². The first-order valence-corrected chi connectivity index (χ1v) is 8.98. The van der Waals surface area contributed by atoms with Crippen LogP contribution in [0.1, 0.15) is 22.6 Å². The summed E-state index contributed by atoms with van der Waals surface area (Å²) in [5, 5.41) is 7.80. The maximum absolute atomic E-state index is 7.80. The van der Waals surface area contributed by atoms with Crippen LogP contribution in [0, 0.1) is 18.3 Å². The molecule has 1 aliphatic rings. The Morgan fingerprint density at radius 3 is 2.04 bits per heavy atom. The molecule has 1 unspecified atom stereocenters. The summed E-state index contributed by atoms with van der Waals surface area (Å²) in [5.74, 6) is 0.429. The third-order valence-electron chi connectivity index (χ3n) is 5.06. The predicted octanol–water partition coefficient (Wildman–Crippen LogP) is 4.67. The summed E-state index contributed by atoms with van der Waals surface area (Å²) in [6, 6.07) is 15.2. The summed E-state index contributed by atoms with van der Waals surface area (Å²) in [5.41, 5.74) is 12.3. The average Bonchev–Trinajstić information content (AvgIpc) is 2.60. The molecule has 0 fully saturated rings. The Balaban J connectivity index is 2.05. The number of benzene rings is 2. The zero-order valence-corrected chi connectivity index (χ0v) is 16.0. The molecule has 0 heterocycles. The number of nitrogens with two attached hydrogens (primary N) is 1. The van der Waals surface area contributed by atoms with E-state index in [-0.39, 0.29) is 11.8 Å². The molecule has 2 aromatic rings.